The molecule has 1 aliphatic heterocycles. The standard InChI is InChI=1S/C14H21N3O2/c1-16(2)12-7-5-11(6-8-12)15-14(19)17-9-3-4-13(17)10-18/h5-8,13,18H,3-4,9-10H2,1-2H3,(H,15,19)/t13-/m0/s1. The maximum atomic E-state index is 12.1. The molecule has 19 heavy (non-hydrogen) atoms. The predicted octanol–water partition coefficient (Wildman–Crippen LogP) is 1.74. The highest BCUT2D eigenvalue weighted by atomic mass is 16.3. The number of hydrogen-bond acceptors (Lipinski definition) is 3. The van der Waals surface area contributed by atoms with Crippen LogP contribution in [0.1, 0.15) is 12.8 Å². The Kier molecular flexibility index (Phi) is 4.27. The maximum Gasteiger partial charge on any atom is 0.322 e. The Balaban J connectivity index is 1.98. The number of rotatable bonds is 3. The van der Waals surface area contributed by atoms with Gasteiger partial charge in [-0.2, -0.15) is 0 Å². The van der Waals surface area contributed by atoms with Crippen molar-refractivity contribution >= 4 is 17.4 Å². The van der Waals surface area contributed by atoms with E-state index in [1.54, 1.807) is 4.90 Å². The number of amides is 2. The van der Waals surface area contributed by atoms with Crippen molar-refractivity contribution < 1.29 is 9.90 Å². The van der Waals surface area contributed by atoms with E-state index in [1.807, 2.05) is 43.3 Å². The van der Waals surface area contributed by atoms with Crippen molar-refractivity contribution in [2.45, 2.75) is 18.9 Å². The first-order valence-electron chi connectivity index (χ1n) is 6.57. The highest BCUT2D eigenvalue weighted by molar-refractivity contribution is 5.89. The fourth-order valence-electron chi connectivity index (χ4n) is 2.33. The van der Waals surface area contributed by atoms with E-state index in [-0.39, 0.29) is 18.7 Å². The SMILES string of the molecule is CN(C)c1ccc(NC(=O)N2CCC[C@H]2CO)cc1. The molecule has 2 rings (SSSR count). The summed E-state index contributed by atoms with van der Waals surface area (Å²) in [5.41, 5.74) is 1.87. The van der Waals surface area contributed by atoms with Gasteiger partial charge in [-0.3, -0.25) is 0 Å². The number of aliphatic hydroxyl groups excluding tert-OH is 1. The zero-order chi connectivity index (χ0) is 13.8. The van der Waals surface area contributed by atoms with Crippen LogP contribution in [0.25, 0.3) is 0 Å². The zero-order valence-corrected chi connectivity index (χ0v) is 11.5. The minimum atomic E-state index is -0.130. The molecule has 5 heteroatoms. The topological polar surface area (TPSA) is 55.8 Å². The van der Waals surface area contributed by atoms with Gasteiger partial charge in [-0.1, -0.05) is 0 Å². The summed E-state index contributed by atoms with van der Waals surface area (Å²) in [6.45, 7) is 0.750. The number of benzene rings is 1. The summed E-state index contributed by atoms with van der Waals surface area (Å²) in [6, 6.07) is 7.52. The molecule has 1 fully saturated rings. The van der Waals surface area contributed by atoms with Gasteiger partial charge in [-0.25, -0.2) is 4.79 Å². The highest BCUT2D eigenvalue weighted by Gasteiger charge is 2.27. The van der Waals surface area contributed by atoms with Crippen LogP contribution in [0.5, 0.6) is 0 Å². The Labute approximate surface area is 113 Å². The van der Waals surface area contributed by atoms with E-state index in [4.69, 9.17) is 0 Å². The van der Waals surface area contributed by atoms with Gasteiger partial charge in [0.15, 0.2) is 0 Å². The molecule has 0 spiro atoms. The van der Waals surface area contributed by atoms with Gasteiger partial charge in [0, 0.05) is 32.0 Å². The number of anilines is 2. The normalized spacial score (nSPS) is 18.5. The molecule has 0 saturated carbocycles. The number of carbonyl (C=O) groups excluding carboxylic acids is 1. The smallest absolute Gasteiger partial charge is 0.322 e. The molecule has 0 unspecified atom stereocenters. The number of urea groups is 1. The first kappa shape index (κ1) is 13.7. The number of nitrogens with one attached hydrogen (secondary N) is 1. The van der Waals surface area contributed by atoms with E-state index in [0.29, 0.717) is 6.54 Å². The molecule has 0 aliphatic carbocycles. The molecular formula is C14H21N3O2. The van der Waals surface area contributed by atoms with Crippen molar-refractivity contribution in [3.05, 3.63) is 24.3 Å². The van der Waals surface area contributed by atoms with E-state index in [1.165, 1.54) is 0 Å². The van der Waals surface area contributed by atoms with Crippen molar-refractivity contribution in [3.63, 3.8) is 0 Å². The lowest BCUT2D eigenvalue weighted by Gasteiger charge is -2.23. The molecule has 104 valence electrons. The van der Waals surface area contributed by atoms with Gasteiger partial charge in [-0.15, -0.1) is 0 Å². The molecular weight excluding hydrogens is 242 g/mol. The van der Waals surface area contributed by atoms with Crippen LogP contribution in [-0.4, -0.2) is 49.3 Å². The van der Waals surface area contributed by atoms with Gasteiger partial charge in [0.2, 0.25) is 0 Å². The van der Waals surface area contributed by atoms with Crippen LogP contribution < -0.4 is 10.2 Å². The Morgan fingerprint density at radius 2 is 2.11 bits per heavy atom. The summed E-state index contributed by atoms with van der Waals surface area (Å²) in [7, 11) is 3.95. The van der Waals surface area contributed by atoms with Gasteiger partial charge in [-0.05, 0) is 37.1 Å². The van der Waals surface area contributed by atoms with Gasteiger partial charge >= 0.3 is 6.03 Å². The molecule has 2 N–H and O–H groups in total. The molecule has 1 heterocycles. The summed E-state index contributed by atoms with van der Waals surface area (Å²) in [5.74, 6) is 0. The second-order valence-electron chi connectivity index (χ2n) is 5.04. The largest absolute Gasteiger partial charge is 0.394 e. The quantitative estimate of drug-likeness (QED) is 0.873. The lowest BCUT2D eigenvalue weighted by atomic mass is 10.2. The van der Waals surface area contributed by atoms with E-state index in [9.17, 15) is 9.90 Å². The van der Waals surface area contributed by atoms with Crippen molar-refractivity contribution in [2.24, 2.45) is 0 Å². The van der Waals surface area contributed by atoms with E-state index < -0.39 is 0 Å². The Morgan fingerprint density at radius 1 is 1.42 bits per heavy atom. The molecule has 0 aromatic heterocycles. The van der Waals surface area contributed by atoms with Crippen molar-refractivity contribution in [2.75, 3.05) is 37.5 Å². The lowest BCUT2D eigenvalue weighted by molar-refractivity contribution is 0.166. The minimum Gasteiger partial charge on any atom is -0.394 e. The van der Waals surface area contributed by atoms with E-state index in [0.717, 1.165) is 24.2 Å². The third-order valence-electron chi connectivity index (χ3n) is 3.48. The third kappa shape index (κ3) is 3.17. The van der Waals surface area contributed by atoms with Crippen LogP contribution in [0.4, 0.5) is 16.2 Å². The van der Waals surface area contributed by atoms with Gasteiger partial charge in [0.05, 0.1) is 12.6 Å². The fraction of sp³-hybridized carbons (Fsp3) is 0.500. The van der Waals surface area contributed by atoms with Crippen LogP contribution in [0.15, 0.2) is 24.3 Å². The van der Waals surface area contributed by atoms with Crippen LogP contribution in [0, 0.1) is 0 Å². The summed E-state index contributed by atoms with van der Waals surface area (Å²) >= 11 is 0. The van der Waals surface area contributed by atoms with Crippen molar-refractivity contribution in [1.29, 1.82) is 0 Å². The van der Waals surface area contributed by atoms with Crippen molar-refractivity contribution in [1.82, 2.24) is 4.90 Å². The summed E-state index contributed by atoms with van der Waals surface area (Å²) in [5, 5.41) is 12.1. The van der Waals surface area contributed by atoms with Gasteiger partial charge in [0.25, 0.3) is 0 Å². The van der Waals surface area contributed by atoms with Crippen LogP contribution in [0.2, 0.25) is 0 Å². The van der Waals surface area contributed by atoms with Gasteiger partial charge < -0.3 is 20.2 Å². The predicted molar refractivity (Wildman–Crippen MR) is 76.6 cm³/mol. The maximum absolute atomic E-state index is 12.1. The molecule has 0 radical (unpaired) electrons. The molecule has 1 aromatic rings. The van der Waals surface area contributed by atoms with E-state index in [2.05, 4.69) is 5.32 Å². The van der Waals surface area contributed by atoms with Gasteiger partial charge in [0.1, 0.15) is 0 Å². The molecule has 1 saturated heterocycles. The Bertz CT molecular complexity index is 431. The lowest BCUT2D eigenvalue weighted by Crippen LogP contribution is -2.40. The molecule has 1 aliphatic rings. The van der Waals surface area contributed by atoms with E-state index >= 15 is 0 Å². The Morgan fingerprint density at radius 3 is 2.68 bits per heavy atom. The van der Waals surface area contributed by atoms with Crippen LogP contribution in [-0.2, 0) is 0 Å². The molecule has 1 aromatic carbocycles. The molecule has 0 bridgehead atoms. The summed E-state index contributed by atoms with van der Waals surface area (Å²) < 4.78 is 0. The number of hydrogen-bond donors (Lipinski definition) is 2. The average molecular weight is 263 g/mol. The van der Waals surface area contributed by atoms with Crippen LogP contribution in [0.3, 0.4) is 0 Å². The van der Waals surface area contributed by atoms with Crippen molar-refractivity contribution in [3.8, 4) is 0 Å². The fourth-order valence-corrected chi connectivity index (χ4v) is 2.33. The molecule has 1 atom stereocenters. The van der Waals surface area contributed by atoms with Crippen LogP contribution >= 0.6 is 0 Å². The first-order chi connectivity index (χ1) is 9.11. The average Bonchev–Trinajstić information content (AvgIpc) is 2.87. The summed E-state index contributed by atoms with van der Waals surface area (Å²) in [4.78, 5) is 15.8. The molecule has 5 nitrogen and oxygen atoms in total. The highest BCUT2D eigenvalue weighted by Crippen LogP contribution is 2.20. The summed E-state index contributed by atoms with van der Waals surface area (Å²) in [6.07, 6.45) is 1.84. The first-order valence-corrected chi connectivity index (χ1v) is 6.57. The number of likely N-dealkylation sites (tertiary alicyclic amines) is 1. The number of carbonyl (C=O) groups is 1. The Hall–Kier alpha value is -1.75. The molecule has 2 amide bonds. The second kappa shape index (κ2) is 5.93. The third-order valence-corrected chi connectivity index (χ3v) is 3.48. The zero-order valence-electron chi connectivity index (χ0n) is 11.5. The second-order valence-corrected chi connectivity index (χ2v) is 5.04. The minimum absolute atomic E-state index is 0.0347. The number of aliphatic hydroxyl groups is 1. The number of nitrogens with zero attached hydrogens (tertiary/aromatic N) is 2. The monoisotopic (exact) mass is 263 g/mol.